The maximum atomic E-state index is 13.3. The van der Waals surface area contributed by atoms with Gasteiger partial charge in [0.15, 0.2) is 0 Å². The first kappa shape index (κ1) is 10.7. The summed E-state index contributed by atoms with van der Waals surface area (Å²) in [5, 5.41) is 8.01. The summed E-state index contributed by atoms with van der Waals surface area (Å²) in [6.07, 6.45) is 1.95. The molecule has 5 nitrogen and oxygen atoms in total. The van der Waals surface area contributed by atoms with Crippen LogP contribution >= 0.6 is 11.6 Å². The van der Waals surface area contributed by atoms with Crippen molar-refractivity contribution in [3.05, 3.63) is 23.2 Å². The summed E-state index contributed by atoms with van der Waals surface area (Å²) in [6.45, 7) is 0. The molecule has 8 heteroatoms. The van der Waals surface area contributed by atoms with Gasteiger partial charge in [0.1, 0.15) is 17.1 Å². The van der Waals surface area contributed by atoms with Crippen LogP contribution in [-0.2, 0) is 10.7 Å². The Morgan fingerprint density at radius 1 is 1.50 bits per heavy atom. The summed E-state index contributed by atoms with van der Waals surface area (Å²) in [7, 11) is 0. The van der Waals surface area contributed by atoms with Crippen LogP contribution in [0.15, 0.2) is 12.5 Å². The van der Waals surface area contributed by atoms with E-state index >= 15 is 0 Å². The van der Waals surface area contributed by atoms with Gasteiger partial charge in [-0.1, -0.05) is 11.6 Å². The highest BCUT2D eigenvalue weighted by molar-refractivity contribution is 6.34. The molecule has 16 heavy (non-hydrogen) atoms. The fourth-order valence-corrected chi connectivity index (χ4v) is 1.52. The fourth-order valence-electron chi connectivity index (χ4n) is 1.29. The standard InChI is InChI=1S/C8H4ClF2N3O2/c9-5-4-3(8(10,11)7(15)16)1-12-6(4)14-2-13-5/h1-2H,(H,15,16)(H,12,13,14). The molecular weight excluding hydrogens is 244 g/mol. The van der Waals surface area contributed by atoms with Crippen LogP contribution in [0.3, 0.4) is 0 Å². The van der Waals surface area contributed by atoms with Crippen molar-refractivity contribution in [3.63, 3.8) is 0 Å². The Labute approximate surface area is 92.1 Å². The molecular formula is C8H4ClF2N3O2. The second kappa shape index (κ2) is 3.38. The van der Waals surface area contributed by atoms with Gasteiger partial charge in [0.2, 0.25) is 0 Å². The molecule has 0 spiro atoms. The molecule has 0 fully saturated rings. The largest absolute Gasteiger partial charge is 0.477 e. The van der Waals surface area contributed by atoms with Gasteiger partial charge in [-0.05, 0) is 0 Å². The molecule has 84 valence electrons. The van der Waals surface area contributed by atoms with Crippen molar-refractivity contribution < 1.29 is 18.7 Å². The van der Waals surface area contributed by atoms with E-state index < -0.39 is 17.5 Å². The molecule has 0 aliphatic carbocycles. The first-order valence-corrected chi connectivity index (χ1v) is 4.41. The van der Waals surface area contributed by atoms with Crippen LogP contribution in [-0.4, -0.2) is 26.0 Å². The van der Waals surface area contributed by atoms with Gasteiger partial charge in [-0.3, -0.25) is 0 Å². The maximum Gasteiger partial charge on any atom is 0.379 e. The summed E-state index contributed by atoms with van der Waals surface area (Å²) in [5.41, 5.74) is -0.684. The zero-order valence-electron chi connectivity index (χ0n) is 7.54. The molecule has 0 bridgehead atoms. The van der Waals surface area contributed by atoms with Gasteiger partial charge >= 0.3 is 11.9 Å². The Morgan fingerprint density at radius 2 is 2.19 bits per heavy atom. The molecule has 0 saturated carbocycles. The van der Waals surface area contributed by atoms with E-state index in [-0.39, 0.29) is 16.2 Å². The topological polar surface area (TPSA) is 78.9 Å². The average molecular weight is 248 g/mol. The number of hydrogen-bond acceptors (Lipinski definition) is 3. The van der Waals surface area contributed by atoms with Crippen LogP contribution in [0.2, 0.25) is 5.15 Å². The van der Waals surface area contributed by atoms with Crippen LogP contribution in [0.4, 0.5) is 8.78 Å². The number of hydrogen-bond donors (Lipinski definition) is 2. The quantitative estimate of drug-likeness (QED) is 0.793. The molecule has 2 rings (SSSR count). The van der Waals surface area contributed by atoms with Crippen molar-refractivity contribution in [3.8, 4) is 0 Å². The van der Waals surface area contributed by atoms with Crippen molar-refractivity contribution >= 4 is 28.6 Å². The Balaban J connectivity index is 2.76. The highest BCUT2D eigenvalue weighted by atomic mass is 35.5. The Morgan fingerprint density at radius 3 is 2.81 bits per heavy atom. The number of fused-ring (bicyclic) bond motifs is 1. The number of aromatic nitrogens is 3. The first-order valence-electron chi connectivity index (χ1n) is 4.04. The first-order chi connectivity index (χ1) is 7.44. The maximum absolute atomic E-state index is 13.3. The number of halogens is 3. The number of alkyl halides is 2. The third-order valence-electron chi connectivity index (χ3n) is 2.03. The minimum atomic E-state index is -4.04. The molecule has 2 N–H and O–H groups in total. The van der Waals surface area contributed by atoms with Crippen LogP contribution in [0.5, 0.6) is 0 Å². The van der Waals surface area contributed by atoms with Gasteiger partial charge in [-0.25, -0.2) is 14.8 Å². The van der Waals surface area contributed by atoms with E-state index in [0.717, 1.165) is 12.5 Å². The zero-order valence-corrected chi connectivity index (χ0v) is 8.29. The highest BCUT2D eigenvalue weighted by Crippen LogP contribution is 2.35. The van der Waals surface area contributed by atoms with Crippen LogP contribution in [0.25, 0.3) is 11.0 Å². The fraction of sp³-hybridized carbons (Fsp3) is 0.125. The second-order valence-electron chi connectivity index (χ2n) is 2.97. The molecule has 0 aliphatic rings. The Hall–Kier alpha value is -1.76. The van der Waals surface area contributed by atoms with Crippen molar-refractivity contribution in [1.82, 2.24) is 15.0 Å². The molecule has 2 aromatic heterocycles. The van der Waals surface area contributed by atoms with E-state index in [9.17, 15) is 13.6 Å². The van der Waals surface area contributed by atoms with Gasteiger partial charge in [-0.15, -0.1) is 0 Å². The number of nitrogens with zero attached hydrogens (tertiary/aromatic N) is 2. The molecule has 0 radical (unpaired) electrons. The molecule has 0 atom stereocenters. The zero-order chi connectivity index (χ0) is 11.9. The molecule has 2 heterocycles. The number of carbonyl (C=O) groups is 1. The van der Waals surface area contributed by atoms with Crippen molar-refractivity contribution in [1.29, 1.82) is 0 Å². The molecule has 0 aliphatic heterocycles. The number of aromatic amines is 1. The number of carboxylic acids is 1. The summed E-state index contributed by atoms with van der Waals surface area (Å²) in [5.74, 6) is -6.29. The van der Waals surface area contributed by atoms with Crippen LogP contribution in [0, 0.1) is 0 Å². The third-order valence-corrected chi connectivity index (χ3v) is 2.32. The van der Waals surface area contributed by atoms with E-state index in [0.29, 0.717) is 0 Å². The lowest BCUT2D eigenvalue weighted by molar-refractivity contribution is -0.166. The van der Waals surface area contributed by atoms with Crippen molar-refractivity contribution in [2.75, 3.05) is 0 Å². The molecule has 0 aromatic carbocycles. The van der Waals surface area contributed by atoms with E-state index in [2.05, 4.69) is 15.0 Å². The lowest BCUT2D eigenvalue weighted by atomic mass is 10.1. The molecule has 2 aromatic rings. The second-order valence-corrected chi connectivity index (χ2v) is 3.33. The number of H-pyrrole nitrogens is 1. The molecule has 0 unspecified atom stereocenters. The Kier molecular flexibility index (Phi) is 2.27. The van der Waals surface area contributed by atoms with Gasteiger partial charge in [0.05, 0.1) is 10.9 Å². The smallest absolute Gasteiger partial charge is 0.379 e. The summed E-state index contributed by atoms with van der Waals surface area (Å²) in [6, 6.07) is 0. The van der Waals surface area contributed by atoms with E-state index in [1.165, 1.54) is 0 Å². The predicted molar refractivity (Wildman–Crippen MR) is 50.4 cm³/mol. The van der Waals surface area contributed by atoms with Gasteiger partial charge < -0.3 is 10.1 Å². The van der Waals surface area contributed by atoms with Crippen molar-refractivity contribution in [2.24, 2.45) is 0 Å². The highest BCUT2D eigenvalue weighted by Gasteiger charge is 2.43. The lowest BCUT2D eigenvalue weighted by Crippen LogP contribution is -2.25. The number of carboxylic acid groups (broad SMARTS) is 1. The monoisotopic (exact) mass is 247 g/mol. The minimum Gasteiger partial charge on any atom is -0.477 e. The predicted octanol–water partition coefficient (Wildman–Crippen LogP) is 1.79. The summed E-state index contributed by atoms with van der Waals surface area (Å²) < 4.78 is 26.6. The lowest BCUT2D eigenvalue weighted by Gasteiger charge is -2.09. The van der Waals surface area contributed by atoms with E-state index in [4.69, 9.17) is 16.7 Å². The van der Waals surface area contributed by atoms with E-state index in [1.54, 1.807) is 0 Å². The normalized spacial score (nSPS) is 11.9. The molecule has 0 amide bonds. The average Bonchev–Trinajstić information content (AvgIpc) is 2.63. The van der Waals surface area contributed by atoms with Crippen LogP contribution in [0.1, 0.15) is 5.56 Å². The number of nitrogens with one attached hydrogen (secondary N) is 1. The number of rotatable bonds is 2. The van der Waals surface area contributed by atoms with Gasteiger partial charge in [-0.2, -0.15) is 8.78 Å². The van der Waals surface area contributed by atoms with Crippen LogP contribution < -0.4 is 0 Å². The summed E-state index contributed by atoms with van der Waals surface area (Å²) in [4.78, 5) is 20.0. The van der Waals surface area contributed by atoms with Gasteiger partial charge in [0, 0.05) is 6.20 Å². The van der Waals surface area contributed by atoms with Crippen molar-refractivity contribution in [2.45, 2.75) is 5.92 Å². The summed E-state index contributed by atoms with van der Waals surface area (Å²) >= 11 is 5.62. The third kappa shape index (κ3) is 1.40. The Bertz CT molecular complexity index is 569. The number of aliphatic carboxylic acids is 1. The SMILES string of the molecule is O=C(O)C(F)(F)c1c[nH]c2ncnc(Cl)c12. The molecule has 0 saturated heterocycles. The minimum absolute atomic E-state index is 0.0657. The van der Waals surface area contributed by atoms with E-state index in [1.807, 2.05) is 0 Å². The van der Waals surface area contributed by atoms with Gasteiger partial charge in [0.25, 0.3) is 0 Å².